The van der Waals surface area contributed by atoms with Crippen molar-refractivity contribution in [1.29, 1.82) is 0 Å². The van der Waals surface area contributed by atoms with Crippen LogP contribution in [0.2, 0.25) is 0 Å². The highest BCUT2D eigenvalue weighted by Crippen LogP contribution is 2.24. The molecule has 4 nitrogen and oxygen atoms in total. The monoisotopic (exact) mass is 305 g/mol. The molecule has 0 radical (unpaired) electrons. The van der Waals surface area contributed by atoms with E-state index in [9.17, 15) is 4.79 Å². The molecule has 0 aliphatic heterocycles. The lowest BCUT2D eigenvalue weighted by Gasteiger charge is -2.25. The number of aromatic nitrogens is 1. The minimum atomic E-state index is 0. The first-order valence-corrected chi connectivity index (χ1v) is 6.15. The van der Waals surface area contributed by atoms with Crippen LogP contribution >= 0.6 is 24.8 Å². The first-order chi connectivity index (χ1) is 8.16. The van der Waals surface area contributed by atoms with Gasteiger partial charge in [-0.1, -0.05) is 6.42 Å². The van der Waals surface area contributed by atoms with E-state index in [1.807, 2.05) is 19.1 Å². The van der Waals surface area contributed by atoms with Gasteiger partial charge in [-0.3, -0.25) is 9.78 Å². The Morgan fingerprint density at radius 3 is 2.79 bits per heavy atom. The van der Waals surface area contributed by atoms with Gasteiger partial charge in [-0.25, -0.2) is 0 Å². The quantitative estimate of drug-likeness (QED) is 0.882. The van der Waals surface area contributed by atoms with E-state index < -0.39 is 0 Å². The number of halogens is 2. The first-order valence-electron chi connectivity index (χ1n) is 6.15. The molecule has 1 aromatic rings. The Bertz CT molecular complexity index is 415. The Morgan fingerprint density at radius 1 is 1.42 bits per heavy atom. The number of anilines is 1. The minimum absolute atomic E-state index is 0. The molecule has 3 N–H and O–H groups in total. The third-order valence-electron chi connectivity index (χ3n) is 3.35. The molecule has 2 atom stereocenters. The Morgan fingerprint density at radius 2 is 2.16 bits per heavy atom. The van der Waals surface area contributed by atoms with Crippen LogP contribution in [-0.4, -0.2) is 16.9 Å². The summed E-state index contributed by atoms with van der Waals surface area (Å²) in [5.41, 5.74) is 7.54. The van der Waals surface area contributed by atoms with Crippen molar-refractivity contribution >= 4 is 36.4 Å². The highest BCUT2D eigenvalue weighted by Gasteiger charge is 2.25. The fourth-order valence-corrected chi connectivity index (χ4v) is 2.32. The summed E-state index contributed by atoms with van der Waals surface area (Å²) >= 11 is 0. The van der Waals surface area contributed by atoms with E-state index in [-0.39, 0.29) is 42.7 Å². The van der Waals surface area contributed by atoms with Crippen molar-refractivity contribution in [2.45, 2.75) is 38.6 Å². The zero-order valence-corrected chi connectivity index (χ0v) is 12.6. The van der Waals surface area contributed by atoms with Crippen molar-refractivity contribution in [2.24, 2.45) is 11.7 Å². The predicted molar refractivity (Wildman–Crippen MR) is 82.0 cm³/mol. The maximum atomic E-state index is 12.1. The molecule has 1 aliphatic carbocycles. The van der Waals surface area contributed by atoms with Gasteiger partial charge in [0.15, 0.2) is 0 Å². The second kappa shape index (κ2) is 8.35. The fraction of sp³-hybridized carbons (Fsp3) is 0.538. The van der Waals surface area contributed by atoms with Gasteiger partial charge in [-0.05, 0) is 38.3 Å². The Hall–Kier alpha value is -0.840. The maximum absolute atomic E-state index is 12.1. The van der Waals surface area contributed by atoms with E-state index in [0.717, 1.165) is 37.1 Å². The number of nitrogens with two attached hydrogens (primary N) is 1. The lowest BCUT2D eigenvalue weighted by Crippen LogP contribution is -2.34. The van der Waals surface area contributed by atoms with Gasteiger partial charge in [-0.2, -0.15) is 0 Å². The molecule has 0 spiro atoms. The molecule has 19 heavy (non-hydrogen) atoms. The third-order valence-corrected chi connectivity index (χ3v) is 3.35. The number of carbonyl (C=O) groups excluding carboxylic acids is 1. The van der Waals surface area contributed by atoms with Crippen LogP contribution in [0.3, 0.4) is 0 Å². The van der Waals surface area contributed by atoms with Crippen molar-refractivity contribution in [3.63, 3.8) is 0 Å². The lowest BCUT2D eigenvalue weighted by molar-refractivity contribution is -0.120. The number of hydrogen-bond donors (Lipinski definition) is 2. The number of nitrogens with zero attached hydrogens (tertiary/aromatic N) is 1. The maximum Gasteiger partial charge on any atom is 0.227 e. The summed E-state index contributed by atoms with van der Waals surface area (Å²) in [6.07, 6.45) is 5.55. The van der Waals surface area contributed by atoms with Gasteiger partial charge >= 0.3 is 0 Å². The number of pyridine rings is 1. The molecule has 1 aromatic heterocycles. The topological polar surface area (TPSA) is 68.0 Å². The molecule has 2 unspecified atom stereocenters. The van der Waals surface area contributed by atoms with Gasteiger partial charge in [0.1, 0.15) is 0 Å². The molecular formula is C13H21Cl2N3O. The average molecular weight is 306 g/mol. The van der Waals surface area contributed by atoms with E-state index in [4.69, 9.17) is 5.73 Å². The van der Waals surface area contributed by atoms with Gasteiger partial charge < -0.3 is 11.1 Å². The standard InChI is InChI=1S/C13H19N3O.2ClH/c1-9-12(6-3-7-15-9)16-13(17)10-4-2-5-11(14)8-10;;/h3,6-7,10-11H,2,4-5,8,14H2,1H3,(H,16,17);2*1H. The number of carbonyl (C=O) groups is 1. The van der Waals surface area contributed by atoms with Gasteiger partial charge in [0.2, 0.25) is 5.91 Å². The van der Waals surface area contributed by atoms with Crippen LogP contribution in [0.15, 0.2) is 18.3 Å². The highest BCUT2D eigenvalue weighted by molar-refractivity contribution is 5.93. The second-order valence-corrected chi connectivity index (χ2v) is 4.75. The van der Waals surface area contributed by atoms with Gasteiger partial charge in [0.05, 0.1) is 11.4 Å². The van der Waals surface area contributed by atoms with Crippen LogP contribution in [0.25, 0.3) is 0 Å². The molecule has 0 saturated heterocycles. The Balaban J connectivity index is 0.00000162. The summed E-state index contributed by atoms with van der Waals surface area (Å²) in [7, 11) is 0. The van der Waals surface area contributed by atoms with E-state index in [2.05, 4.69) is 10.3 Å². The van der Waals surface area contributed by atoms with Gasteiger partial charge in [0.25, 0.3) is 0 Å². The SMILES string of the molecule is Cc1ncccc1NC(=O)C1CCCC(N)C1.Cl.Cl. The second-order valence-electron chi connectivity index (χ2n) is 4.75. The fourth-order valence-electron chi connectivity index (χ4n) is 2.32. The number of nitrogens with one attached hydrogen (secondary N) is 1. The zero-order valence-electron chi connectivity index (χ0n) is 11.0. The first kappa shape index (κ1) is 18.2. The van der Waals surface area contributed by atoms with Crippen molar-refractivity contribution in [2.75, 3.05) is 5.32 Å². The van der Waals surface area contributed by atoms with Crippen LogP contribution in [0, 0.1) is 12.8 Å². The normalized spacial score (nSPS) is 21.8. The van der Waals surface area contributed by atoms with Crippen LogP contribution in [0.4, 0.5) is 5.69 Å². The molecule has 1 heterocycles. The average Bonchev–Trinajstić information content (AvgIpc) is 2.32. The van der Waals surface area contributed by atoms with E-state index in [0.29, 0.717) is 0 Å². The number of amides is 1. The smallest absolute Gasteiger partial charge is 0.227 e. The molecule has 1 fully saturated rings. The summed E-state index contributed by atoms with van der Waals surface area (Å²) in [5.74, 6) is 0.134. The largest absolute Gasteiger partial charge is 0.328 e. The summed E-state index contributed by atoms with van der Waals surface area (Å²) in [6, 6.07) is 3.88. The summed E-state index contributed by atoms with van der Waals surface area (Å²) in [6.45, 7) is 1.89. The van der Waals surface area contributed by atoms with Crippen molar-refractivity contribution < 1.29 is 4.79 Å². The molecule has 0 aromatic carbocycles. The van der Waals surface area contributed by atoms with Gasteiger partial charge in [-0.15, -0.1) is 24.8 Å². The molecule has 1 amide bonds. The number of aryl methyl sites for hydroxylation is 1. The van der Waals surface area contributed by atoms with Crippen LogP contribution < -0.4 is 11.1 Å². The lowest BCUT2D eigenvalue weighted by atomic mass is 9.85. The molecule has 1 aliphatic rings. The number of rotatable bonds is 2. The molecule has 2 rings (SSSR count). The van der Waals surface area contributed by atoms with Crippen LogP contribution in [0.5, 0.6) is 0 Å². The molecule has 6 heteroatoms. The molecule has 1 saturated carbocycles. The summed E-state index contributed by atoms with van der Waals surface area (Å²) in [5, 5.41) is 2.94. The third kappa shape index (κ3) is 4.97. The molecule has 108 valence electrons. The van der Waals surface area contributed by atoms with E-state index >= 15 is 0 Å². The molecule has 0 bridgehead atoms. The Labute approximate surface area is 126 Å². The minimum Gasteiger partial charge on any atom is -0.328 e. The van der Waals surface area contributed by atoms with Crippen molar-refractivity contribution in [1.82, 2.24) is 4.98 Å². The van der Waals surface area contributed by atoms with E-state index in [1.54, 1.807) is 6.20 Å². The van der Waals surface area contributed by atoms with E-state index in [1.165, 1.54) is 0 Å². The predicted octanol–water partition coefficient (Wildman–Crippen LogP) is 2.69. The zero-order chi connectivity index (χ0) is 12.3. The van der Waals surface area contributed by atoms with Crippen LogP contribution in [0.1, 0.15) is 31.4 Å². The Kier molecular flexibility index (Phi) is 7.99. The van der Waals surface area contributed by atoms with Gasteiger partial charge in [0, 0.05) is 18.2 Å². The summed E-state index contributed by atoms with van der Waals surface area (Å²) < 4.78 is 0. The van der Waals surface area contributed by atoms with Crippen molar-refractivity contribution in [3.8, 4) is 0 Å². The summed E-state index contributed by atoms with van der Waals surface area (Å²) in [4.78, 5) is 16.2. The number of hydrogen-bond acceptors (Lipinski definition) is 3. The highest BCUT2D eigenvalue weighted by atomic mass is 35.5. The van der Waals surface area contributed by atoms with Crippen molar-refractivity contribution in [3.05, 3.63) is 24.0 Å². The van der Waals surface area contributed by atoms with Crippen LogP contribution in [-0.2, 0) is 4.79 Å². The molecular weight excluding hydrogens is 285 g/mol.